The fraction of sp³-hybridized carbons (Fsp3) is 0.636. The second-order valence-corrected chi connectivity index (χ2v) is 5.88. The number of carbonyl (C=O) groups excluding carboxylic acids is 1. The van der Waals surface area contributed by atoms with Crippen molar-refractivity contribution in [2.45, 2.75) is 18.6 Å². The van der Waals surface area contributed by atoms with Gasteiger partial charge in [-0.3, -0.25) is 4.79 Å². The summed E-state index contributed by atoms with van der Waals surface area (Å²) in [5.74, 6) is 1.88. The zero-order valence-corrected chi connectivity index (χ0v) is 11.8. The van der Waals surface area contributed by atoms with Crippen LogP contribution in [0.25, 0.3) is 0 Å². The smallest absolute Gasteiger partial charge is 0.228 e. The Morgan fingerprint density at radius 2 is 2.35 bits per heavy atom. The van der Waals surface area contributed by atoms with Gasteiger partial charge in [0, 0.05) is 31.8 Å². The van der Waals surface area contributed by atoms with Gasteiger partial charge in [0.1, 0.15) is 5.01 Å². The number of aliphatic hydroxyl groups excluding tert-OH is 1. The molecule has 17 heavy (non-hydrogen) atoms. The van der Waals surface area contributed by atoms with E-state index in [2.05, 4.69) is 4.98 Å². The minimum Gasteiger partial charge on any atom is -0.396 e. The van der Waals surface area contributed by atoms with Crippen LogP contribution in [0.5, 0.6) is 0 Å². The molecule has 0 spiro atoms. The van der Waals surface area contributed by atoms with Crippen molar-refractivity contribution in [2.75, 3.05) is 26.5 Å². The molecule has 0 unspecified atom stereocenters. The molecule has 4 nitrogen and oxygen atoms in total. The van der Waals surface area contributed by atoms with Gasteiger partial charge in [-0.05, 0) is 12.2 Å². The average Bonchev–Trinajstić information content (AvgIpc) is 2.72. The lowest BCUT2D eigenvalue weighted by Crippen LogP contribution is -2.23. The molecular formula is C11H18N2O2S2. The molecule has 0 atom stereocenters. The van der Waals surface area contributed by atoms with Gasteiger partial charge in [-0.2, -0.15) is 11.8 Å². The molecule has 0 radical (unpaired) electrons. The van der Waals surface area contributed by atoms with Crippen LogP contribution in [0.15, 0.2) is 5.38 Å². The first-order valence-electron chi connectivity index (χ1n) is 5.45. The summed E-state index contributed by atoms with van der Waals surface area (Å²) < 4.78 is 0. The maximum Gasteiger partial charge on any atom is 0.228 e. The van der Waals surface area contributed by atoms with Crippen LogP contribution in [0.4, 0.5) is 0 Å². The fourth-order valence-electron chi connectivity index (χ4n) is 1.13. The van der Waals surface area contributed by atoms with Crippen LogP contribution >= 0.6 is 23.1 Å². The largest absolute Gasteiger partial charge is 0.396 e. The summed E-state index contributed by atoms with van der Waals surface area (Å²) in [6, 6.07) is 0. The van der Waals surface area contributed by atoms with Crippen LogP contribution in [0, 0.1) is 0 Å². The van der Waals surface area contributed by atoms with Gasteiger partial charge in [0.05, 0.1) is 12.1 Å². The molecule has 0 bridgehead atoms. The average molecular weight is 274 g/mol. The monoisotopic (exact) mass is 274 g/mol. The normalized spacial score (nSPS) is 10.5. The van der Waals surface area contributed by atoms with E-state index in [4.69, 9.17) is 5.11 Å². The highest BCUT2D eigenvalue weighted by molar-refractivity contribution is 7.98. The lowest BCUT2D eigenvalue weighted by molar-refractivity contribution is -0.127. The van der Waals surface area contributed by atoms with Gasteiger partial charge in [0.2, 0.25) is 5.91 Å². The van der Waals surface area contributed by atoms with E-state index in [9.17, 15) is 4.79 Å². The summed E-state index contributed by atoms with van der Waals surface area (Å²) in [6.45, 7) is 0.243. The first-order chi connectivity index (χ1) is 8.13. The molecule has 0 aliphatic carbocycles. The number of hydrogen-bond donors (Lipinski definition) is 1. The third kappa shape index (κ3) is 5.52. The zero-order chi connectivity index (χ0) is 12.7. The van der Waals surface area contributed by atoms with E-state index in [0.29, 0.717) is 6.42 Å². The van der Waals surface area contributed by atoms with E-state index in [1.54, 1.807) is 30.8 Å². The molecule has 1 N–H and O–H groups in total. The second kappa shape index (κ2) is 7.68. The number of rotatable bonds is 7. The summed E-state index contributed by atoms with van der Waals surface area (Å²) in [5, 5.41) is 11.5. The minimum absolute atomic E-state index is 0.0823. The molecule has 1 aromatic rings. The molecule has 96 valence electrons. The minimum atomic E-state index is 0.0823. The molecule has 0 aromatic carbocycles. The Bertz CT molecular complexity index is 353. The molecule has 0 fully saturated rings. The fourth-order valence-corrected chi connectivity index (χ4v) is 2.85. The molecule has 1 rings (SSSR count). The van der Waals surface area contributed by atoms with Crippen molar-refractivity contribution in [1.29, 1.82) is 0 Å². The zero-order valence-electron chi connectivity index (χ0n) is 10.2. The first-order valence-corrected chi connectivity index (χ1v) is 7.49. The van der Waals surface area contributed by atoms with Crippen molar-refractivity contribution in [3.8, 4) is 0 Å². The summed E-state index contributed by atoms with van der Waals surface area (Å²) >= 11 is 3.30. The van der Waals surface area contributed by atoms with Gasteiger partial charge in [-0.1, -0.05) is 0 Å². The lowest BCUT2D eigenvalue weighted by Gasteiger charge is -2.07. The summed E-state index contributed by atoms with van der Waals surface area (Å²) in [4.78, 5) is 17.5. The molecule has 0 aliphatic heterocycles. The highest BCUT2D eigenvalue weighted by Gasteiger charge is 2.09. The molecule has 0 saturated heterocycles. The van der Waals surface area contributed by atoms with E-state index in [0.717, 1.165) is 28.6 Å². The third-order valence-electron chi connectivity index (χ3n) is 2.10. The Morgan fingerprint density at radius 1 is 1.59 bits per heavy atom. The van der Waals surface area contributed by atoms with Gasteiger partial charge < -0.3 is 10.0 Å². The molecule has 1 heterocycles. The second-order valence-electron chi connectivity index (χ2n) is 3.83. The Hall–Kier alpha value is -0.590. The summed E-state index contributed by atoms with van der Waals surface area (Å²) in [6.07, 6.45) is 1.21. The molecular weight excluding hydrogens is 256 g/mol. The summed E-state index contributed by atoms with van der Waals surface area (Å²) in [7, 11) is 3.50. The lowest BCUT2D eigenvalue weighted by atomic mass is 10.4. The Morgan fingerprint density at radius 3 is 3.00 bits per heavy atom. The summed E-state index contributed by atoms with van der Waals surface area (Å²) in [5.41, 5.74) is 1.03. The molecule has 0 saturated carbocycles. The van der Waals surface area contributed by atoms with E-state index >= 15 is 0 Å². The maximum absolute atomic E-state index is 11.5. The van der Waals surface area contributed by atoms with Crippen molar-refractivity contribution in [3.05, 3.63) is 16.1 Å². The van der Waals surface area contributed by atoms with Crippen molar-refractivity contribution >= 4 is 29.0 Å². The number of thioether (sulfide) groups is 1. The Kier molecular flexibility index (Phi) is 6.54. The van der Waals surface area contributed by atoms with Crippen LogP contribution in [-0.4, -0.2) is 47.4 Å². The number of carbonyl (C=O) groups is 1. The molecule has 6 heteroatoms. The molecule has 1 amide bonds. The van der Waals surface area contributed by atoms with Crippen LogP contribution in [0.1, 0.15) is 17.1 Å². The highest BCUT2D eigenvalue weighted by Crippen LogP contribution is 2.17. The Balaban J connectivity index is 2.35. The number of hydrogen-bond acceptors (Lipinski definition) is 5. The number of thiazole rings is 1. The predicted octanol–water partition coefficient (Wildman–Crippen LogP) is 1.39. The SMILES string of the molecule is CN(C)C(=O)Cc1nc(CSCCCO)cs1. The van der Waals surface area contributed by atoms with Crippen LogP contribution in [0.3, 0.4) is 0 Å². The van der Waals surface area contributed by atoms with Crippen molar-refractivity contribution < 1.29 is 9.90 Å². The van der Waals surface area contributed by atoms with Gasteiger partial charge in [0.15, 0.2) is 0 Å². The van der Waals surface area contributed by atoms with Crippen molar-refractivity contribution in [2.24, 2.45) is 0 Å². The van der Waals surface area contributed by atoms with Gasteiger partial charge in [-0.15, -0.1) is 11.3 Å². The Labute approximate surface area is 110 Å². The molecule has 1 aromatic heterocycles. The third-order valence-corrected chi connectivity index (χ3v) is 4.07. The number of nitrogens with zero attached hydrogens (tertiary/aromatic N) is 2. The van der Waals surface area contributed by atoms with Crippen molar-refractivity contribution in [3.63, 3.8) is 0 Å². The topological polar surface area (TPSA) is 53.4 Å². The highest BCUT2D eigenvalue weighted by atomic mass is 32.2. The van der Waals surface area contributed by atoms with Crippen LogP contribution in [0.2, 0.25) is 0 Å². The number of aliphatic hydroxyl groups is 1. The number of aromatic nitrogens is 1. The van der Waals surface area contributed by atoms with E-state index in [1.165, 1.54) is 11.3 Å². The van der Waals surface area contributed by atoms with Crippen molar-refractivity contribution in [1.82, 2.24) is 9.88 Å². The van der Waals surface area contributed by atoms with Gasteiger partial charge in [0.25, 0.3) is 0 Å². The first kappa shape index (κ1) is 14.5. The maximum atomic E-state index is 11.5. The van der Waals surface area contributed by atoms with Crippen LogP contribution in [-0.2, 0) is 17.0 Å². The predicted molar refractivity (Wildman–Crippen MR) is 72.4 cm³/mol. The van der Waals surface area contributed by atoms with E-state index in [-0.39, 0.29) is 12.5 Å². The number of likely N-dealkylation sites (N-methyl/N-ethyl adjacent to an activating group) is 1. The quantitative estimate of drug-likeness (QED) is 0.763. The standard InChI is InChI=1S/C11H18N2O2S2/c1-13(2)11(15)6-10-12-9(8-17-10)7-16-5-3-4-14/h8,14H,3-7H2,1-2H3. The van der Waals surface area contributed by atoms with Gasteiger partial charge >= 0.3 is 0 Å². The van der Waals surface area contributed by atoms with E-state index in [1.807, 2.05) is 5.38 Å². The number of amides is 1. The van der Waals surface area contributed by atoms with Crippen LogP contribution < -0.4 is 0 Å². The van der Waals surface area contributed by atoms with Gasteiger partial charge in [-0.25, -0.2) is 4.98 Å². The molecule has 0 aliphatic rings. The van der Waals surface area contributed by atoms with E-state index < -0.39 is 0 Å².